The predicted molar refractivity (Wildman–Crippen MR) is 88.4 cm³/mol. The van der Waals surface area contributed by atoms with Gasteiger partial charge in [0, 0.05) is 16.9 Å². The van der Waals surface area contributed by atoms with Gasteiger partial charge in [0.15, 0.2) is 5.78 Å². The highest BCUT2D eigenvalue weighted by atomic mass is 32.1. The number of rotatable bonds is 3. The zero-order valence-corrected chi connectivity index (χ0v) is 13.4. The van der Waals surface area contributed by atoms with Crippen LogP contribution in [0.3, 0.4) is 0 Å². The summed E-state index contributed by atoms with van der Waals surface area (Å²) in [6.07, 6.45) is 3.56. The van der Waals surface area contributed by atoms with Crippen LogP contribution in [0.25, 0.3) is 5.57 Å². The summed E-state index contributed by atoms with van der Waals surface area (Å²) in [4.78, 5) is 13.2. The number of ketones is 1. The maximum atomic E-state index is 12.2. The molecule has 0 unspecified atom stereocenters. The van der Waals surface area contributed by atoms with Gasteiger partial charge in [-0.3, -0.25) is 4.79 Å². The summed E-state index contributed by atoms with van der Waals surface area (Å²) in [5.74, 6) is 0.242. The molecule has 0 N–H and O–H groups in total. The van der Waals surface area contributed by atoms with E-state index in [1.807, 2.05) is 12.1 Å². The van der Waals surface area contributed by atoms with Gasteiger partial charge in [-0.2, -0.15) is 0 Å². The second-order valence-corrected chi connectivity index (χ2v) is 5.98. The van der Waals surface area contributed by atoms with Crippen LogP contribution in [-0.2, 0) is 11.2 Å². The zero-order chi connectivity index (χ0) is 14.9. The Morgan fingerprint density at radius 1 is 1.30 bits per heavy atom. The minimum atomic E-state index is 0.242. The first-order valence-electron chi connectivity index (χ1n) is 7.21. The summed E-state index contributed by atoms with van der Waals surface area (Å²) < 4.78 is 0. The molecule has 1 aliphatic carbocycles. The normalized spacial score (nSPS) is 15.7. The second kappa shape index (κ2) is 6.01. The molecule has 0 radical (unpaired) electrons. The van der Waals surface area contributed by atoms with Crippen LogP contribution in [0, 0.1) is 6.92 Å². The Bertz CT molecular complexity index is 608. The monoisotopic (exact) mass is 286 g/mol. The average molecular weight is 286 g/mol. The van der Waals surface area contributed by atoms with Gasteiger partial charge in [0.05, 0.1) is 0 Å². The number of hydrogen-bond donors (Lipinski definition) is 1. The lowest BCUT2D eigenvalue weighted by Gasteiger charge is -2.21. The molecule has 0 saturated carbocycles. The molecular formula is C18H22OS. The van der Waals surface area contributed by atoms with E-state index in [4.69, 9.17) is 0 Å². The van der Waals surface area contributed by atoms with Gasteiger partial charge in [0.25, 0.3) is 0 Å². The van der Waals surface area contributed by atoms with Gasteiger partial charge < -0.3 is 0 Å². The molecule has 2 rings (SSSR count). The van der Waals surface area contributed by atoms with Crippen molar-refractivity contribution in [2.24, 2.45) is 0 Å². The molecule has 1 aliphatic rings. The number of allylic oxidation sites excluding steroid dienone is 3. The lowest BCUT2D eigenvalue weighted by atomic mass is 9.83. The van der Waals surface area contributed by atoms with Crippen LogP contribution in [0.15, 0.2) is 34.8 Å². The molecule has 0 amide bonds. The van der Waals surface area contributed by atoms with Crippen molar-refractivity contribution in [1.29, 1.82) is 0 Å². The predicted octanol–water partition coefficient (Wildman–Crippen LogP) is 4.93. The molecule has 0 aliphatic heterocycles. The summed E-state index contributed by atoms with van der Waals surface area (Å²) in [5.41, 5.74) is 6.45. The van der Waals surface area contributed by atoms with Crippen LogP contribution < -0.4 is 0 Å². The number of Topliss-reactive ketones (excluding diaryl/α,β-unsaturated/α-hetero) is 1. The van der Waals surface area contributed by atoms with E-state index in [1.54, 1.807) is 0 Å². The lowest BCUT2D eigenvalue weighted by molar-refractivity contribution is -0.115. The SMILES string of the molecule is C=C(C1=C(C)CCCC1=O)c1ccc(S)c(CC)c1C. The van der Waals surface area contributed by atoms with Crippen molar-refractivity contribution in [3.8, 4) is 0 Å². The molecule has 0 fully saturated rings. The lowest BCUT2D eigenvalue weighted by Crippen LogP contribution is -2.12. The third-order valence-corrected chi connectivity index (χ3v) is 4.63. The van der Waals surface area contributed by atoms with Gasteiger partial charge in [0.2, 0.25) is 0 Å². The topological polar surface area (TPSA) is 17.1 Å². The van der Waals surface area contributed by atoms with Gasteiger partial charge in [-0.05, 0) is 61.4 Å². The number of thiol groups is 1. The third kappa shape index (κ3) is 2.62. The average Bonchev–Trinajstić information content (AvgIpc) is 2.39. The zero-order valence-electron chi connectivity index (χ0n) is 12.5. The smallest absolute Gasteiger partial charge is 0.163 e. The van der Waals surface area contributed by atoms with Crippen LogP contribution in [0.2, 0.25) is 0 Å². The molecular weight excluding hydrogens is 264 g/mol. The van der Waals surface area contributed by atoms with Gasteiger partial charge in [-0.25, -0.2) is 0 Å². The fraction of sp³-hybridized carbons (Fsp3) is 0.389. The first-order valence-corrected chi connectivity index (χ1v) is 7.66. The molecule has 106 valence electrons. The van der Waals surface area contributed by atoms with Crippen molar-refractivity contribution >= 4 is 24.0 Å². The maximum absolute atomic E-state index is 12.2. The molecule has 0 spiro atoms. The first-order chi connectivity index (χ1) is 9.47. The first kappa shape index (κ1) is 15.1. The Hall–Kier alpha value is -1.28. The minimum absolute atomic E-state index is 0.242. The van der Waals surface area contributed by atoms with Crippen LogP contribution in [0.1, 0.15) is 49.8 Å². The molecule has 20 heavy (non-hydrogen) atoms. The van der Waals surface area contributed by atoms with E-state index in [-0.39, 0.29) is 5.78 Å². The fourth-order valence-electron chi connectivity index (χ4n) is 3.08. The van der Waals surface area contributed by atoms with E-state index in [2.05, 4.69) is 40.0 Å². The van der Waals surface area contributed by atoms with E-state index in [1.165, 1.54) is 16.7 Å². The number of carbonyl (C=O) groups excluding carboxylic acids is 1. The number of carbonyl (C=O) groups is 1. The number of benzene rings is 1. The van der Waals surface area contributed by atoms with Crippen LogP contribution in [0.4, 0.5) is 0 Å². The summed E-state index contributed by atoms with van der Waals surface area (Å²) >= 11 is 4.52. The highest BCUT2D eigenvalue weighted by Crippen LogP contribution is 2.35. The third-order valence-electron chi connectivity index (χ3n) is 4.22. The van der Waals surface area contributed by atoms with Gasteiger partial charge >= 0.3 is 0 Å². The minimum Gasteiger partial charge on any atom is -0.294 e. The summed E-state index contributed by atoms with van der Waals surface area (Å²) in [7, 11) is 0. The molecule has 1 aromatic rings. The van der Waals surface area contributed by atoms with E-state index in [0.29, 0.717) is 6.42 Å². The van der Waals surface area contributed by atoms with Gasteiger partial charge in [-0.15, -0.1) is 12.6 Å². The van der Waals surface area contributed by atoms with Crippen molar-refractivity contribution < 1.29 is 4.79 Å². The molecule has 0 saturated heterocycles. The van der Waals surface area contributed by atoms with E-state index in [0.717, 1.165) is 40.9 Å². The summed E-state index contributed by atoms with van der Waals surface area (Å²) in [5, 5.41) is 0. The van der Waals surface area contributed by atoms with Crippen molar-refractivity contribution in [3.63, 3.8) is 0 Å². The molecule has 0 aromatic heterocycles. The van der Waals surface area contributed by atoms with E-state index in [9.17, 15) is 4.79 Å². The summed E-state index contributed by atoms with van der Waals surface area (Å²) in [6.45, 7) is 10.5. The van der Waals surface area contributed by atoms with Crippen LogP contribution >= 0.6 is 12.6 Å². The van der Waals surface area contributed by atoms with Crippen molar-refractivity contribution in [1.82, 2.24) is 0 Å². The Balaban J connectivity index is 2.52. The Kier molecular flexibility index (Phi) is 4.54. The van der Waals surface area contributed by atoms with Gasteiger partial charge in [0.1, 0.15) is 0 Å². The Morgan fingerprint density at radius 3 is 2.60 bits per heavy atom. The standard InChI is InChI=1S/C18H22OS/c1-5-14-12(3)15(9-10-17(14)20)13(4)18-11(2)7-6-8-16(18)19/h9-10,20H,4-8H2,1-3H3. The highest BCUT2D eigenvalue weighted by molar-refractivity contribution is 7.80. The van der Waals surface area contributed by atoms with Crippen LogP contribution in [-0.4, -0.2) is 5.78 Å². The van der Waals surface area contributed by atoms with Crippen LogP contribution in [0.5, 0.6) is 0 Å². The molecule has 1 aromatic carbocycles. The van der Waals surface area contributed by atoms with Gasteiger partial charge in [-0.1, -0.05) is 25.1 Å². The molecule has 2 heteroatoms. The molecule has 0 bridgehead atoms. The second-order valence-electron chi connectivity index (χ2n) is 5.50. The molecule has 1 nitrogen and oxygen atoms in total. The fourth-order valence-corrected chi connectivity index (χ4v) is 3.48. The van der Waals surface area contributed by atoms with Crippen molar-refractivity contribution in [2.75, 3.05) is 0 Å². The quantitative estimate of drug-likeness (QED) is 0.780. The Labute approximate surface area is 127 Å². The molecule has 0 atom stereocenters. The number of hydrogen-bond acceptors (Lipinski definition) is 2. The maximum Gasteiger partial charge on any atom is 0.163 e. The largest absolute Gasteiger partial charge is 0.294 e. The van der Waals surface area contributed by atoms with E-state index >= 15 is 0 Å². The highest BCUT2D eigenvalue weighted by Gasteiger charge is 2.22. The van der Waals surface area contributed by atoms with E-state index < -0.39 is 0 Å². The van der Waals surface area contributed by atoms with Crippen molar-refractivity contribution in [3.05, 3.63) is 46.5 Å². The summed E-state index contributed by atoms with van der Waals surface area (Å²) in [6, 6.07) is 4.06. The molecule has 0 heterocycles. The Morgan fingerprint density at radius 2 is 2.00 bits per heavy atom. The van der Waals surface area contributed by atoms with Crippen molar-refractivity contribution in [2.45, 2.75) is 51.3 Å².